The Morgan fingerprint density at radius 3 is 2.59 bits per heavy atom. The van der Waals surface area contributed by atoms with Crippen LogP contribution in [0.3, 0.4) is 0 Å². The highest BCUT2D eigenvalue weighted by molar-refractivity contribution is 5.35. The van der Waals surface area contributed by atoms with Crippen LogP contribution in [0.25, 0.3) is 0 Å². The van der Waals surface area contributed by atoms with E-state index in [9.17, 15) is 0 Å². The van der Waals surface area contributed by atoms with E-state index >= 15 is 0 Å². The molecule has 2 heteroatoms. The first-order valence-electron chi connectivity index (χ1n) is 6.84. The fraction of sp³-hybridized carbons (Fsp3) is 0.600. The Kier molecular flexibility index (Phi) is 2.93. The summed E-state index contributed by atoms with van der Waals surface area (Å²) in [5.74, 6) is 0. The van der Waals surface area contributed by atoms with Crippen LogP contribution in [0.5, 0.6) is 0 Å². The summed E-state index contributed by atoms with van der Waals surface area (Å²) in [5, 5.41) is 0. The number of likely N-dealkylation sites (tertiary alicyclic amines) is 1. The second kappa shape index (κ2) is 4.43. The van der Waals surface area contributed by atoms with Gasteiger partial charge in [-0.15, -0.1) is 0 Å². The van der Waals surface area contributed by atoms with Crippen molar-refractivity contribution >= 4 is 0 Å². The number of nitrogens with zero attached hydrogens (tertiary/aromatic N) is 1. The zero-order valence-corrected chi connectivity index (χ0v) is 10.5. The lowest BCUT2D eigenvalue weighted by molar-refractivity contribution is 0.331. The number of nitrogens with two attached hydrogens (primary N) is 1. The molecule has 2 N–H and O–H groups in total. The third-order valence-corrected chi connectivity index (χ3v) is 4.39. The third-order valence-electron chi connectivity index (χ3n) is 4.39. The van der Waals surface area contributed by atoms with Gasteiger partial charge in [0.25, 0.3) is 0 Å². The van der Waals surface area contributed by atoms with Gasteiger partial charge >= 0.3 is 0 Å². The van der Waals surface area contributed by atoms with E-state index in [0.29, 0.717) is 5.41 Å². The van der Waals surface area contributed by atoms with Crippen molar-refractivity contribution < 1.29 is 0 Å². The fourth-order valence-electron chi connectivity index (χ4n) is 2.96. The smallest absolute Gasteiger partial charge is 0.0233 e. The van der Waals surface area contributed by atoms with Crippen LogP contribution in [0.15, 0.2) is 24.3 Å². The van der Waals surface area contributed by atoms with E-state index in [2.05, 4.69) is 29.2 Å². The summed E-state index contributed by atoms with van der Waals surface area (Å²) in [6, 6.07) is 9.11. The van der Waals surface area contributed by atoms with Gasteiger partial charge in [0.1, 0.15) is 0 Å². The molecule has 1 aliphatic carbocycles. The van der Waals surface area contributed by atoms with Gasteiger partial charge in [-0.3, -0.25) is 4.90 Å². The molecule has 0 aromatic heterocycles. The van der Waals surface area contributed by atoms with E-state index in [1.165, 1.54) is 49.9 Å². The molecule has 0 radical (unpaired) electrons. The summed E-state index contributed by atoms with van der Waals surface area (Å²) in [4.78, 5) is 2.56. The lowest BCUT2D eigenvalue weighted by atomic mass is 9.94. The van der Waals surface area contributed by atoms with Gasteiger partial charge in [-0.25, -0.2) is 0 Å². The lowest BCUT2D eigenvalue weighted by Crippen LogP contribution is -2.21. The second-order valence-electron chi connectivity index (χ2n) is 5.67. The fourth-order valence-corrected chi connectivity index (χ4v) is 2.96. The summed E-state index contributed by atoms with van der Waals surface area (Å²) in [6.07, 6.45) is 5.28. The Balaban J connectivity index is 1.74. The SMILES string of the molecule is NCC1(c2cccc(CN3CCCC3)c2)CC1. The molecule has 1 aromatic rings. The molecule has 1 aromatic carbocycles. The highest BCUT2D eigenvalue weighted by Gasteiger charge is 2.42. The van der Waals surface area contributed by atoms with Gasteiger partial charge in [0, 0.05) is 18.5 Å². The first-order valence-corrected chi connectivity index (χ1v) is 6.84. The van der Waals surface area contributed by atoms with Crippen molar-refractivity contribution in [1.29, 1.82) is 0 Å². The Bertz CT molecular complexity index is 390. The zero-order valence-electron chi connectivity index (χ0n) is 10.5. The predicted molar refractivity (Wildman–Crippen MR) is 70.9 cm³/mol. The van der Waals surface area contributed by atoms with Crippen LogP contribution in [0, 0.1) is 0 Å². The molecule has 1 saturated carbocycles. The molecule has 17 heavy (non-hydrogen) atoms. The van der Waals surface area contributed by atoms with Crippen LogP contribution in [-0.2, 0) is 12.0 Å². The molecule has 3 rings (SSSR count). The quantitative estimate of drug-likeness (QED) is 0.860. The van der Waals surface area contributed by atoms with Gasteiger partial charge in [-0.05, 0) is 49.9 Å². The molecule has 2 nitrogen and oxygen atoms in total. The molecule has 0 bridgehead atoms. The van der Waals surface area contributed by atoms with E-state index in [4.69, 9.17) is 5.73 Å². The molecule has 0 unspecified atom stereocenters. The molecule has 2 fully saturated rings. The minimum absolute atomic E-state index is 0.334. The maximum absolute atomic E-state index is 5.90. The molecule has 92 valence electrons. The minimum Gasteiger partial charge on any atom is -0.330 e. The summed E-state index contributed by atoms with van der Waals surface area (Å²) < 4.78 is 0. The Hall–Kier alpha value is -0.860. The normalized spacial score (nSPS) is 22.9. The molecule has 1 aliphatic heterocycles. The lowest BCUT2D eigenvalue weighted by Gasteiger charge is -2.17. The third kappa shape index (κ3) is 2.24. The number of hydrogen-bond acceptors (Lipinski definition) is 2. The second-order valence-corrected chi connectivity index (χ2v) is 5.67. The van der Waals surface area contributed by atoms with Crippen LogP contribution in [0.2, 0.25) is 0 Å². The van der Waals surface area contributed by atoms with Crippen molar-refractivity contribution in [3.05, 3.63) is 35.4 Å². The maximum atomic E-state index is 5.90. The average molecular weight is 230 g/mol. The van der Waals surface area contributed by atoms with Crippen molar-refractivity contribution in [3.63, 3.8) is 0 Å². The standard InChI is InChI=1S/C15H22N2/c16-12-15(6-7-15)14-5-3-4-13(10-14)11-17-8-1-2-9-17/h3-5,10H,1-2,6-9,11-12,16H2. The first-order chi connectivity index (χ1) is 8.32. The molecule has 1 heterocycles. The monoisotopic (exact) mass is 230 g/mol. The minimum atomic E-state index is 0.334. The molecule has 0 atom stereocenters. The van der Waals surface area contributed by atoms with Gasteiger partial charge in [0.2, 0.25) is 0 Å². The summed E-state index contributed by atoms with van der Waals surface area (Å²) in [6.45, 7) is 4.47. The largest absolute Gasteiger partial charge is 0.330 e. The van der Waals surface area contributed by atoms with E-state index in [1.54, 1.807) is 0 Å². The van der Waals surface area contributed by atoms with Gasteiger partial charge < -0.3 is 5.73 Å². The summed E-state index contributed by atoms with van der Waals surface area (Å²) in [5.41, 5.74) is 9.17. The molecular formula is C15H22N2. The molecule has 2 aliphatic rings. The van der Waals surface area contributed by atoms with E-state index in [-0.39, 0.29) is 0 Å². The van der Waals surface area contributed by atoms with Crippen molar-refractivity contribution in [2.45, 2.75) is 37.6 Å². The van der Waals surface area contributed by atoms with Gasteiger partial charge in [-0.2, -0.15) is 0 Å². The molecular weight excluding hydrogens is 208 g/mol. The van der Waals surface area contributed by atoms with Crippen LogP contribution in [-0.4, -0.2) is 24.5 Å². The van der Waals surface area contributed by atoms with E-state index in [1.807, 2.05) is 0 Å². The van der Waals surface area contributed by atoms with Crippen molar-refractivity contribution in [3.8, 4) is 0 Å². The average Bonchev–Trinajstić information content (AvgIpc) is 3.02. The molecule has 1 saturated heterocycles. The Morgan fingerprint density at radius 1 is 1.18 bits per heavy atom. The molecule has 0 spiro atoms. The van der Waals surface area contributed by atoms with Gasteiger partial charge in [0.05, 0.1) is 0 Å². The van der Waals surface area contributed by atoms with Crippen LogP contribution < -0.4 is 5.73 Å². The highest BCUT2D eigenvalue weighted by atomic mass is 15.1. The van der Waals surface area contributed by atoms with Gasteiger partial charge in [0.15, 0.2) is 0 Å². The summed E-state index contributed by atoms with van der Waals surface area (Å²) >= 11 is 0. The van der Waals surface area contributed by atoms with Crippen molar-refractivity contribution in [2.24, 2.45) is 5.73 Å². The number of benzene rings is 1. The Morgan fingerprint density at radius 2 is 1.94 bits per heavy atom. The summed E-state index contributed by atoms with van der Waals surface area (Å²) in [7, 11) is 0. The molecule has 0 amide bonds. The Labute approximate surface area is 104 Å². The van der Waals surface area contributed by atoms with Crippen LogP contribution >= 0.6 is 0 Å². The highest BCUT2D eigenvalue weighted by Crippen LogP contribution is 2.47. The van der Waals surface area contributed by atoms with Crippen LogP contribution in [0.4, 0.5) is 0 Å². The van der Waals surface area contributed by atoms with E-state index < -0.39 is 0 Å². The first kappa shape index (κ1) is 11.2. The van der Waals surface area contributed by atoms with Crippen molar-refractivity contribution in [1.82, 2.24) is 4.90 Å². The predicted octanol–water partition coefficient (Wildman–Crippen LogP) is 2.27. The van der Waals surface area contributed by atoms with E-state index in [0.717, 1.165) is 13.1 Å². The topological polar surface area (TPSA) is 29.3 Å². The van der Waals surface area contributed by atoms with Crippen LogP contribution in [0.1, 0.15) is 36.8 Å². The number of rotatable bonds is 4. The van der Waals surface area contributed by atoms with Gasteiger partial charge in [-0.1, -0.05) is 24.3 Å². The zero-order chi connectivity index (χ0) is 11.7. The number of hydrogen-bond donors (Lipinski definition) is 1. The van der Waals surface area contributed by atoms with Crippen molar-refractivity contribution in [2.75, 3.05) is 19.6 Å². The maximum Gasteiger partial charge on any atom is 0.0233 e.